The van der Waals surface area contributed by atoms with E-state index in [0.717, 1.165) is 41.9 Å². The van der Waals surface area contributed by atoms with Gasteiger partial charge in [0.25, 0.3) is 0 Å². The Morgan fingerprint density at radius 1 is 0.867 bits per heavy atom. The van der Waals surface area contributed by atoms with Crippen LogP contribution in [0.5, 0.6) is 0 Å². The Balaban J connectivity index is 1.41. The van der Waals surface area contributed by atoms with Crippen LogP contribution in [0.4, 0.5) is 5.69 Å². The van der Waals surface area contributed by atoms with Gasteiger partial charge in [0.2, 0.25) is 5.91 Å². The number of nitrogens with zero attached hydrogens (tertiary/aromatic N) is 3. The van der Waals surface area contributed by atoms with E-state index in [9.17, 15) is 4.79 Å². The highest BCUT2D eigenvalue weighted by Crippen LogP contribution is 2.33. The molecule has 1 aliphatic rings. The lowest BCUT2D eigenvalue weighted by Gasteiger charge is -2.17. The van der Waals surface area contributed by atoms with Gasteiger partial charge in [-0.2, -0.15) is 0 Å². The van der Waals surface area contributed by atoms with Crippen molar-refractivity contribution in [2.75, 3.05) is 11.4 Å². The summed E-state index contributed by atoms with van der Waals surface area (Å²) in [6.45, 7) is 1.59. The number of benzene rings is 3. The zero-order valence-corrected chi connectivity index (χ0v) is 16.9. The smallest absolute Gasteiger partial charge is 0.227 e. The summed E-state index contributed by atoms with van der Waals surface area (Å²) in [6, 6.07) is 28.9. The van der Waals surface area contributed by atoms with Crippen molar-refractivity contribution >= 4 is 22.6 Å². The monoisotopic (exact) mass is 395 g/mol. The van der Waals surface area contributed by atoms with Crippen LogP contribution in [-0.4, -0.2) is 22.0 Å². The molecule has 4 heteroatoms. The minimum atomic E-state index is 0.113. The summed E-state index contributed by atoms with van der Waals surface area (Å²) in [5, 5.41) is 0. The third kappa shape index (κ3) is 3.61. The standard InChI is InChI=1S/C26H25N3O/c30-25-18-21(19-29(25)22-13-5-2-6-14-22)26-27-23-15-7-8-16-24(23)28(26)17-9-12-20-10-3-1-4-11-20/h1-8,10-11,13-16,21H,9,12,17-19H2. The molecule has 1 amide bonds. The van der Waals surface area contributed by atoms with Crippen LogP contribution in [0.1, 0.15) is 30.1 Å². The van der Waals surface area contributed by atoms with Gasteiger partial charge < -0.3 is 9.47 Å². The van der Waals surface area contributed by atoms with Gasteiger partial charge in [0, 0.05) is 31.1 Å². The van der Waals surface area contributed by atoms with E-state index in [-0.39, 0.29) is 11.8 Å². The molecule has 1 aromatic heterocycles. The molecule has 4 aromatic rings. The first-order chi connectivity index (χ1) is 14.8. The van der Waals surface area contributed by atoms with Crippen LogP contribution in [-0.2, 0) is 17.8 Å². The maximum absolute atomic E-state index is 12.8. The fourth-order valence-electron chi connectivity index (χ4n) is 4.46. The molecule has 0 saturated carbocycles. The molecule has 0 bridgehead atoms. The Bertz CT molecular complexity index is 1150. The van der Waals surface area contributed by atoms with Crippen LogP contribution < -0.4 is 4.90 Å². The van der Waals surface area contributed by atoms with E-state index in [0.29, 0.717) is 13.0 Å². The van der Waals surface area contributed by atoms with Crippen molar-refractivity contribution in [1.29, 1.82) is 0 Å². The second-order valence-electron chi connectivity index (χ2n) is 7.94. The lowest BCUT2D eigenvalue weighted by Crippen LogP contribution is -2.24. The summed E-state index contributed by atoms with van der Waals surface area (Å²) in [7, 11) is 0. The molecular formula is C26H25N3O. The van der Waals surface area contributed by atoms with Gasteiger partial charge in [0.1, 0.15) is 5.82 Å². The largest absolute Gasteiger partial charge is 0.328 e. The van der Waals surface area contributed by atoms with Crippen LogP contribution >= 0.6 is 0 Å². The van der Waals surface area contributed by atoms with E-state index in [1.165, 1.54) is 5.56 Å². The predicted octanol–water partition coefficient (Wildman–Crippen LogP) is 5.19. The van der Waals surface area contributed by atoms with Crippen molar-refractivity contribution in [2.45, 2.75) is 31.7 Å². The predicted molar refractivity (Wildman–Crippen MR) is 121 cm³/mol. The molecule has 4 nitrogen and oxygen atoms in total. The zero-order valence-electron chi connectivity index (χ0n) is 16.9. The number of carbonyl (C=O) groups excluding carboxylic acids is 1. The Labute approximate surface area is 176 Å². The fraction of sp³-hybridized carbons (Fsp3) is 0.231. The quantitative estimate of drug-likeness (QED) is 0.451. The summed E-state index contributed by atoms with van der Waals surface area (Å²) >= 11 is 0. The Morgan fingerprint density at radius 2 is 1.57 bits per heavy atom. The van der Waals surface area contributed by atoms with Crippen LogP contribution in [0.15, 0.2) is 84.9 Å². The summed E-state index contributed by atoms with van der Waals surface area (Å²) in [4.78, 5) is 19.6. The number of amides is 1. The average molecular weight is 396 g/mol. The van der Waals surface area contributed by atoms with Crippen molar-refractivity contribution < 1.29 is 4.79 Å². The van der Waals surface area contributed by atoms with Crippen molar-refractivity contribution in [3.8, 4) is 0 Å². The van der Waals surface area contributed by atoms with Gasteiger partial charge in [-0.1, -0.05) is 60.7 Å². The van der Waals surface area contributed by atoms with E-state index < -0.39 is 0 Å². The second-order valence-corrected chi connectivity index (χ2v) is 7.94. The number of para-hydroxylation sites is 3. The van der Waals surface area contributed by atoms with Crippen molar-refractivity contribution in [1.82, 2.24) is 9.55 Å². The summed E-state index contributed by atoms with van der Waals surface area (Å²) in [5.41, 5.74) is 4.50. The highest BCUT2D eigenvalue weighted by molar-refractivity contribution is 5.96. The summed E-state index contributed by atoms with van der Waals surface area (Å²) in [5.74, 6) is 1.33. The molecule has 1 saturated heterocycles. The molecule has 1 unspecified atom stereocenters. The lowest BCUT2D eigenvalue weighted by molar-refractivity contribution is -0.117. The maximum atomic E-state index is 12.8. The van der Waals surface area contributed by atoms with Crippen LogP contribution in [0.25, 0.3) is 11.0 Å². The number of fused-ring (bicyclic) bond motifs is 1. The van der Waals surface area contributed by atoms with Crippen molar-refractivity contribution in [3.63, 3.8) is 0 Å². The van der Waals surface area contributed by atoms with Gasteiger partial charge in [-0.3, -0.25) is 4.79 Å². The minimum absolute atomic E-state index is 0.113. The molecular weight excluding hydrogens is 370 g/mol. The molecule has 5 rings (SSSR count). The third-order valence-electron chi connectivity index (χ3n) is 5.93. The topological polar surface area (TPSA) is 38.1 Å². The Morgan fingerprint density at radius 3 is 2.37 bits per heavy atom. The van der Waals surface area contributed by atoms with Crippen LogP contribution in [0.2, 0.25) is 0 Å². The number of imidazole rings is 1. The van der Waals surface area contributed by atoms with E-state index in [2.05, 4.69) is 53.1 Å². The molecule has 0 spiro atoms. The SMILES string of the molecule is O=C1CC(c2nc3ccccc3n2CCCc2ccccc2)CN1c1ccccc1. The highest BCUT2D eigenvalue weighted by atomic mass is 16.2. The Hall–Kier alpha value is -3.40. The summed E-state index contributed by atoms with van der Waals surface area (Å²) < 4.78 is 2.34. The molecule has 3 aromatic carbocycles. The van der Waals surface area contributed by atoms with Gasteiger partial charge in [-0.05, 0) is 42.7 Å². The van der Waals surface area contributed by atoms with Gasteiger partial charge in [-0.25, -0.2) is 4.98 Å². The number of hydrogen-bond donors (Lipinski definition) is 0. The normalized spacial score (nSPS) is 16.5. The van der Waals surface area contributed by atoms with E-state index in [1.54, 1.807) is 0 Å². The molecule has 1 atom stereocenters. The minimum Gasteiger partial charge on any atom is -0.328 e. The van der Waals surface area contributed by atoms with E-state index in [1.807, 2.05) is 41.3 Å². The van der Waals surface area contributed by atoms with E-state index >= 15 is 0 Å². The number of carbonyl (C=O) groups is 1. The van der Waals surface area contributed by atoms with Gasteiger partial charge in [-0.15, -0.1) is 0 Å². The second kappa shape index (κ2) is 8.15. The lowest BCUT2D eigenvalue weighted by atomic mass is 10.1. The number of hydrogen-bond acceptors (Lipinski definition) is 2. The van der Waals surface area contributed by atoms with Gasteiger partial charge in [0.05, 0.1) is 11.0 Å². The maximum Gasteiger partial charge on any atom is 0.227 e. The first-order valence-electron chi connectivity index (χ1n) is 10.6. The van der Waals surface area contributed by atoms with Crippen LogP contribution in [0.3, 0.4) is 0 Å². The zero-order chi connectivity index (χ0) is 20.3. The van der Waals surface area contributed by atoms with Gasteiger partial charge >= 0.3 is 0 Å². The molecule has 0 aliphatic carbocycles. The molecule has 30 heavy (non-hydrogen) atoms. The highest BCUT2D eigenvalue weighted by Gasteiger charge is 2.34. The molecule has 1 fully saturated rings. The van der Waals surface area contributed by atoms with Crippen molar-refractivity contribution in [2.24, 2.45) is 0 Å². The van der Waals surface area contributed by atoms with Crippen LogP contribution in [0, 0.1) is 0 Å². The molecule has 1 aliphatic heterocycles. The first kappa shape index (κ1) is 18.6. The molecule has 0 radical (unpaired) electrons. The number of anilines is 1. The van der Waals surface area contributed by atoms with Gasteiger partial charge in [0.15, 0.2) is 0 Å². The summed E-state index contributed by atoms with van der Waals surface area (Å²) in [6.07, 6.45) is 2.59. The first-order valence-corrected chi connectivity index (χ1v) is 10.6. The number of rotatable bonds is 6. The third-order valence-corrected chi connectivity index (χ3v) is 5.93. The fourth-order valence-corrected chi connectivity index (χ4v) is 4.46. The number of aromatic nitrogens is 2. The molecule has 0 N–H and O–H groups in total. The Kier molecular flexibility index (Phi) is 5.06. The molecule has 2 heterocycles. The van der Waals surface area contributed by atoms with E-state index in [4.69, 9.17) is 4.98 Å². The van der Waals surface area contributed by atoms with Crippen molar-refractivity contribution in [3.05, 3.63) is 96.3 Å². The molecule has 150 valence electrons. The number of aryl methyl sites for hydroxylation is 2. The average Bonchev–Trinajstić information content (AvgIpc) is 3.36.